The number of likely N-dealkylation sites (tertiary alicyclic amines) is 1. The van der Waals surface area contributed by atoms with Crippen LogP contribution in [-0.4, -0.2) is 54.0 Å². The number of rotatable bonds is 6. The van der Waals surface area contributed by atoms with Crippen LogP contribution in [0.3, 0.4) is 0 Å². The third-order valence-corrected chi connectivity index (χ3v) is 4.37. The average molecular weight is 357 g/mol. The first-order chi connectivity index (χ1) is 12.5. The van der Waals surface area contributed by atoms with Gasteiger partial charge in [0, 0.05) is 31.8 Å². The van der Waals surface area contributed by atoms with Crippen molar-refractivity contribution in [1.82, 2.24) is 14.8 Å². The third kappa shape index (κ3) is 4.79. The first-order valence-electron chi connectivity index (χ1n) is 8.79. The minimum atomic E-state index is -0.335. The Hall–Kier alpha value is -2.47. The van der Waals surface area contributed by atoms with Crippen LogP contribution in [0, 0.1) is 5.82 Å². The van der Waals surface area contributed by atoms with E-state index < -0.39 is 0 Å². The molecule has 1 unspecified atom stereocenters. The maximum atomic E-state index is 13.7. The van der Waals surface area contributed by atoms with Crippen molar-refractivity contribution in [2.45, 2.75) is 25.5 Å². The molecule has 2 heterocycles. The summed E-state index contributed by atoms with van der Waals surface area (Å²) in [5.74, 6) is 0.368. The Labute approximate surface area is 153 Å². The fourth-order valence-electron chi connectivity index (χ4n) is 3.10. The zero-order valence-electron chi connectivity index (χ0n) is 15.2. The van der Waals surface area contributed by atoms with Crippen molar-refractivity contribution in [3.8, 4) is 5.75 Å². The number of aromatic nitrogens is 1. The van der Waals surface area contributed by atoms with Gasteiger partial charge in [0.1, 0.15) is 17.7 Å². The molecule has 0 spiro atoms. The van der Waals surface area contributed by atoms with E-state index in [2.05, 4.69) is 4.98 Å². The Bertz CT molecular complexity index is 766. The van der Waals surface area contributed by atoms with Crippen LogP contribution in [0.2, 0.25) is 0 Å². The zero-order valence-corrected chi connectivity index (χ0v) is 15.2. The van der Waals surface area contributed by atoms with E-state index in [1.165, 1.54) is 6.07 Å². The van der Waals surface area contributed by atoms with E-state index in [-0.39, 0.29) is 24.2 Å². The van der Waals surface area contributed by atoms with Crippen molar-refractivity contribution in [2.75, 3.05) is 27.2 Å². The van der Waals surface area contributed by atoms with E-state index in [1.54, 1.807) is 29.3 Å². The van der Waals surface area contributed by atoms with Crippen LogP contribution in [0.4, 0.5) is 4.39 Å². The number of hydrogen-bond acceptors (Lipinski definition) is 4. The van der Waals surface area contributed by atoms with Crippen molar-refractivity contribution in [3.05, 3.63) is 59.7 Å². The second-order valence-electron chi connectivity index (χ2n) is 6.86. The van der Waals surface area contributed by atoms with Gasteiger partial charge in [0.25, 0.3) is 0 Å². The molecule has 0 N–H and O–H groups in total. The summed E-state index contributed by atoms with van der Waals surface area (Å²) in [6, 6.07) is 10.2. The largest absolute Gasteiger partial charge is 0.488 e. The van der Waals surface area contributed by atoms with Crippen LogP contribution in [0.1, 0.15) is 17.7 Å². The first-order valence-corrected chi connectivity index (χ1v) is 8.79. The number of pyridine rings is 1. The second-order valence-corrected chi connectivity index (χ2v) is 6.86. The molecule has 1 aliphatic heterocycles. The number of carbonyl (C=O) groups is 1. The molecule has 0 aliphatic carbocycles. The Morgan fingerprint density at radius 1 is 1.35 bits per heavy atom. The summed E-state index contributed by atoms with van der Waals surface area (Å²) in [5, 5.41) is 0. The van der Waals surface area contributed by atoms with Crippen LogP contribution < -0.4 is 4.74 Å². The number of halogens is 1. The molecular formula is C20H24FN3O2. The Morgan fingerprint density at radius 2 is 2.15 bits per heavy atom. The van der Waals surface area contributed by atoms with Crippen molar-refractivity contribution in [3.63, 3.8) is 0 Å². The van der Waals surface area contributed by atoms with E-state index in [9.17, 15) is 9.18 Å². The molecule has 5 nitrogen and oxygen atoms in total. The average Bonchev–Trinajstić information content (AvgIpc) is 3.05. The molecule has 1 amide bonds. The lowest BCUT2D eigenvalue weighted by atomic mass is 10.1. The Balaban J connectivity index is 1.55. The molecule has 1 aliphatic rings. The fraction of sp³-hybridized carbons (Fsp3) is 0.400. The quantitative estimate of drug-likeness (QED) is 0.797. The predicted molar refractivity (Wildman–Crippen MR) is 97.3 cm³/mol. The van der Waals surface area contributed by atoms with E-state index >= 15 is 0 Å². The minimum Gasteiger partial charge on any atom is -0.488 e. The highest BCUT2D eigenvalue weighted by atomic mass is 19.1. The highest BCUT2D eigenvalue weighted by Crippen LogP contribution is 2.20. The van der Waals surface area contributed by atoms with Crippen molar-refractivity contribution >= 4 is 5.91 Å². The van der Waals surface area contributed by atoms with Gasteiger partial charge in [0.2, 0.25) is 5.91 Å². The number of amides is 1. The molecule has 138 valence electrons. The van der Waals surface area contributed by atoms with Gasteiger partial charge in [0.05, 0.1) is 18.7 Å². The second kappa shape index (κ2) is 8.27. The van der Waals surface area contributed by atoms with E-state index in [0.29, 0.717) is 18.7 Å². The Morgan fingerprint density at radius 3 is 2.92 bits per heavy atom. The van der Waals surface area contributed by atoms with Gasteiger partial charge in [-0.05, 0) is 31.8 Å². The van der Waals surface area contributed by atoms with Crippen molar-refractivity contribution in [1.29, 1.82) is 0 Å². The van der Waals surface area contributed by atoms with Gasteiger partial charge >= 0.3 is 0 Å². The highest BCUT2D eigenvalue weighted by Gasteiger charge is 2.28. The molecule has 26 heavy (non-hydrogen) atoms. The fourth-order valence-corrected chi connectivity index (χ4v) is 3.10. The van der Waals surface area contributed by atoms with Gasteiger partial charge in [-0.1, -0.05) is 18.2 Å². The summed E-state index contributed by atoms with van der Waals surface area (Å²) in [5.41, 5.74) is 1.38. The third-order valence-electron chi connectivity index (χ3n) is 4.37. The molecule has 0 bridgehead atoms. The number of benzene rings is 1. The van der Waals surface area contributed by atoms with Gasteiger partial charge in [-0.15, -0.1) is 0 Å². The normalized spacial score (nSPS) is 16.9. The molecule has 3 rings (SSSR count). The lowest BCUT2D eigenvalue weighted by molar-refractivity contribution is -0.129. The molecule has 6 heteroatoms. The standard InChI is InChI=1S/C20H24FN3O2/c1-23(2)13-16-12-17(7-9-22-16)26-18-8-10-24(14-18)20(25)11-15-5-3-4-6-19(15)21/h3-7,9,12,18H,8,10-11,13-14H2,1-2H3. The summed E-state index contributed by atoms with van der Waals surface area (Å²) in [6.45, 7) is 1.90. The Kier molecular flexibility index (Phi) is 5.83. The van der Waals surface area contributed by atoms with Gasteiger partial charge in [-0.2, -0.15) is 0 Å². The van der Waals surface area contributed by atoms with Crippen molar-refractivity contribution in [2.24, 2.45) is 0 Å². The zero-order chi connectivity index (χ0) is 18.5. The minimum absolute atomic E-state index is 0.0471. The van der Waals surface area contributed by atoms with Crippen LogP contribution >= 0.6 is 0 Å². The van der Waals surface area contributed by atoms with Crippen molar-refractivity contribution < 1.29 is 13.9 Å². The molecule has 1 aromatic heterocycles. The highest BCUT2D eigenvalue weighted by molar-refractivity contribution is 5.79. The predicted octanol–water partition coefficient (Wildman–Crippen LogP) is 2.50. The number of nitrogens with zero attached hydrogens (tertiary/aromatic N) is 3. The van der Waals surface area contributed by atoms with E-state index in [1.807, 2.05) is 31.1 Å². The van der Waals surface area contributed by atoms with Gasteiger partial charge in [-0.25, -0.2) is 4.39 Å². The van der Waals surface area contributed by atoms with Crippen LogP contribution in [0.25, 0.3) is 0 Å². The molecule has 1 saturated heterocycles. The summed E-state index contributed by atoms with van der Waals surface area (Å²) in [4.78, 5) is 20.6. The van der Waals surface area contributed by atoms with Crippen LogP contribution in [0.5, 0.6) is 5.75 Å². The maximum Gasteiger partial charge on any atom is 0.227 e. The lowest BCUT2D eigenvalue weighted by Crippen LogP contribution is -2.32. The molecule has 1 atom stereocenters. The number of carbonyl (C=O) groups excluding carboxylic acids is 1. The van der Waals surface area contributed by atoms with Crippen LogP contribution in [0.15, 0.2) is 42.6 Å². The van der Waals surface area contributed by atoms with E-state index in [4.69, 9.17) is 4.74 Å². The molecule has 1 fully saturated rings. The van der Waals surface area contributed by atoms with Gasteiger partial charge in [0.15, 0.2) is 0 Å². The molecule has 0 radical (unpaired) electrons. The topological polar surface area (TPSA) is 45.7 Å². The monoisotopic (exact) mass is 357 g/mol. The summed E-state index contributed by atoms with van der Waals surface area (Å²) >= 11 is 0. The molecule has 0 saturated carbocycles. The molecule has 1 aromatic carbocycles. The summed E-state index contributed by atoms with van der Waals surface area (Å²) in [7, 11) is 3.98. The molecular weight excluding hydrogens is 333 g/mol. The SMILES string of the molecule is CN(C)Cc1cc(OC2CCN(C(=O)Cc3ccccc3F)C2)ccn1. The summed E-state index contributed by atoms with van der Waals surface area (Å²) < 4.78 is 19.7. The van der Waals surface area contributed by atoms with Gasteiger partial charge in [-0.3, -0.25) is 9.78 Å². The maximum absolute atomic E-state index is 13.7. The van der Waals surface area contributed by atoms with Crippen LogP contribution in [-0.2, 0) is 17.8 Å². The lowest BCUT2D eigenvalue weighted by Gasteiger charge is -2.18. The van der Waals surface area contributed by atoms with Gasteiger partial charge < -0.3 is 14.5 Å². The molecule has 2 aromatic rings. The first kappa shape index (κ1) is 18.3. The smallest absolute Gasteiger partial charge is 0.227 e. The summed E-state index contributed by atoms with van der Waals surface area (Å²) in [6.07, 6.45) is 2.55. The van der Waals surface area contributed by atoms with E-state index in [0.717, 1.165) is 24.4 Å². The number of ether oxygens (including phenoxy) is 1. The number of hydrogen-bond donors (Lipinski definition) is 0.